The maximum Gasteiger partial charge on any atom is 0.303 e. The number of benzene rings is 1. The Balaban J connectivity index is 2.56. The van der Waals surface area contributed by atoms with Crippen molar-refractivity contribution in [2.75, 3.05) is 5.32 Å². The Morgan fingerprint density at radius 3 is 2.28 bits per heavy atom. The van der Waals surface area contributed by atoms with Gasteiger partial charge in [-0.15, -0.1) is 0 Å². The molecule has 0 aliphatic heterocycles. The SMILES string of the molecule is C[C@H](CC(=O)O)CC(=O)Nc1cc(Cl)cc(Cl)c1. The van der Waals surface area contributed by atoms with Gasteiger partial charge in [-0.1, -0.05) is 30.1 Å². The standard InChI is InChI=1S/C12H13Cl2NO3/c1-7(3-12(17)18)2-11(16)15-10-5-8(13)4-9(14)6-10/h4-7H,2-3H2,1H3,(H,15,16)(H,17,18)/t7-/m0/s1. The molecule has 0 radical (unpaired) electrons. The summed E-state index contributed by atoms with van der Waals surface area (Å²) in [4.78, 5) is 22.1. The minimum Gasteiger partial charge on any atom is -0.481 e. The number of hydrogen-bond acceptors (Lipinski definition) is 2. The van der Waals surface area contributed by atoms with Crippen LogP contribution in [0, 0.1) is 5.92 Å². The Labute approximate surface area is 115 Å². The molecule has 0 aliphatic rings. The van der Waals surface area contributed by atoms with Gasteiger partial charge < -0.3 is 10.4 Å². The lowest BCUT2D eigenvalue weighted by molar-refractivity contribution is -0.138. The highest BCUT2D eigenvalue weighted by molar-refractivity contribution is 6.35. The smallest absolute Gasteiger partial charge is 0.303 e. The van der Waals surface area contributed by atoms with Crippen LogP contribution < -0.4 is 5.32 Å². The van der Waals surface area contributed by atoms with Gasteiger partial charge in [0.2, 0.25) is 5.91 Å². The van der Waals surface area contributed by atoms with Crippen molar-refractivity contribution >= 4 is 40.8 Å². The van der Waals surface area contributed by atoms with Crippen molar-refractivity contribution in [2.45, 2.75) is 19.8 Å². The first-order chi connectivity index (χ1) is 8.36. The highest BCUT2D eigenvalue weighted by Crippen LogP contribution is 2.22. The number of carbonyl (C=O) groups excluding carboxylic acids is 1. The molecule has 0 aromatic heterocycles. The molecule has 0 fully saturated rings. The maximum absolute atomic E-state index is 11.6. The summed E-state index contributed by atoms with van der Waals surface area (Å²) >= 11 is 11.6. The van der Waals surface area contributed by atoms with Gasteiger partial charge >= 0.3 is 5.97 Å². The zero-order valence-electron chi connectivity index (χ0n) is 9.74. The van der Waals surface area contributed by atoms with Crippen LogP contribution in [-0.4, -0.2) is 17.0 Å². The molecule has 0 heterocycles. The van der Waals surface area contributed by atoms with Crippen LogP contribution in [0.2, 0.25) is 10.0 Å². The largest absolute Gasteiger partial charge is 0.481 e. The quantitative estimate of drug-likeness (QED) is 0.873. The van der Waals surface area contributed by atoms with Crippen molar-refractivity contribution < 1.29 is 14.7 Å². The van der Waals surface area contributed by atoms with Gasteiger partial charge in [-0.3, -0.25) is 9.59 Å². The van der Waals surface area contributed by atoms with E-state index in [1.807, 2.05) is 0 Å². The number of nitrogens with one attached hydrogen (secondary N) is 1. The third kappa shape index (κ3) is 5.38. The molecule has 0 spiro atoms. The number of aliphatic carboxylic acids is 1. The van der Waals surface area contributed by atoms with Crippen LogP contribution in [0.1, 0.15) is 19.8 Å². The van der Waals surface area contributed by atoms with Crippen molar-refractivity contribution in [3.8, 4) is 0 Å². The van der Waals surface area contributed by atoms with E-state index in [0.29, 0.717) is 15.7 Å². The molecular formula is C12H13Cl2NO3. The fourth-order valence-electron chi connectivity index (χ4n) is 1.52. The first-order valence-electron chi connectivity index (χ1n) is 5.34. The zero-order valence-corrected chi connectivity index (χ0v) is 11.3. The highest BCUT2D eigenvalue weighted by atomic mass is 35.5. The van der Waals surface area contributed by atoms with Crippen molar-refractivity contribution in [1.82, 2.24) is 0 Å². The summed E-state index contributed by atoms with van der Waals surface area (Å²) in [7, 11) is 0. The molecule has 0 bridgehead atoms. The maximum atomic E-state index is 11.6. The minimum atomic E-state index is -0.916. The number of amides is 1. The van der Waals surface area contributed by atoms with Gasteiger partial charge in [0.25, 0.3) is 0 Å². The predicted molar refractivity (Wildman–Crippen MR) is 71.1 cm³/mol. The van der Waals surface area contributed by atoms with E-state index in [9.17, 15) is 9.59 Å². The topological polar surface area (TPSA) is 66.4 Å². The average molecular weight is 290 g/mol. The van der Waals surface area contributed by atoms with Gasteiger partial charge in [0.05, 0.1) is 0 Å². The molecule has 18 heavy (non-hydrogen) atoms. The van der Waals surface area contributed by atoms with Gasteiger partial charge in [-0.05, 0) is 24.1 Å². The van der Waals surface area contributed by atoms with Gasteiger partial charge in [0.1, 0.15) is 0 Å². The summed E-state index contributed by atoms with van der Waals surface area (Å²) in [5, 5.41) is 12.1. The third-order valence-electron chi connectivity index (χ3n) is 2.20. The van der Waals surface area contributed by atoms with Crippen LogP contribution in [0.3, 0.4) is 0 Å². The van der Waals surface area contributed by atoms with Gasteiger partial charge in [0.15, 0.2) is 0 Å². The van der Waals surface area contributed by atoms with E-state index in [1.165, 1.54) is 0 Å². The fraction of sp³-hybridized carbons (Fsp3) is 0.333. The summed E-state index contributed by atoms with van der Waals surface area (Å²) in [6.07, 6.45) is 0.0974. The van der Waals surface area contributed by atoms with E-state index < -0.39 is 5.97 Å². The number of carboxylic acid groups (broad SMARTS) is 1. The van der Waals surface area contributed by atoms with E-state index in [4.69, 9.17) is 28.3 Å². The molecule has 98 valence electrons. The van der Waals surface area contributed by atoms with Crippen LogP contribution in [0.4, 0.5) is 5.69 Å². The molecule has 4 nitrogen and oxygen atoms in total. The molecule has 1 amide bonds. The fourth-order valence-corrected chi connectivity index (χ4v) is 2.05. The molecule has 1 atom stereocenters. The summed E-state index contributed by atoms with van der Waals surface area (Å²) in [6.45, 7) is 1.71. The number of carboxylic acids is 1. The molecule has 6 heteroatoms. The Morgan fingerprint density at radius 1 is 1.22 bits per heavy atom. The van der Waals surface area contributed by atoms with Crippen molar-refractivity contribution in [2.24, 2.45) is 5.92 Å². The lowest BCUT2D eigenvalue weighted by Crippen LogP contribution is -2.16. The van der Waals surface area contributed by atoms with Crippen molar-refractivity contribution in [1.29, 1.82) is 0 Å². The number of rotatable bonds is 5. The Kier molecular flexibility index (Phi) is 5.44. The van der Waals surface area contributed by atoms with Crippen LogP contribution in [-0.2, 0) is 9.59 Å². The van der Waals surface area contributed by atoms with E-state index in [0.717, 1.165) is 0 Å². The molecule has 2 N–H and O–H groups in total. The molecule has 1 aromatic rings. The Bertz CT molecular complexity index is 442. The van der Waals surface area contributed by atoms with E-state index >= 15 is 0 Å². The normalized spacial score (nSPS) is 11.9. The second kappa shape index (κ2) is 6.61. The number of carbonyl (C=O) groups is 2. The number of hydrogen-bond donors (Lipinski definition) is 2. The molecule has 0 aliphatic carbocycles. The van der Waals surface area contributed by atoms with Crippen molar-refractivity contribution in [3.05, 3.63) is 28.2 Å². The molecule has 1 aromatic carbocycles. The van der Waals surface area contributed by atoms with Crippen LogP contribution in [0.25, 0.3) is 0 Å². The van der Waals surface area contributed by atoms with Gasteiger partial charge in [0, 0.05) is 28.6 Å². The third-order valence-corrected chi connectivity index (χ3v) is 2.64. The highest BCUT2D eigenvalue weighted by Gasteiger charge is 2.13. The van der Waals surface area contributed by atoms with Crippen molar-refractivity contribution in [3.63, 3.8) is 0 Å². The molecule has 0 unspecified atom stereocenters. The molecule has 0 saturated carbocycles. The van der Waals surface area contributed by atoms with E-state index in [-0.39, 0.29) is 24.7 Å². The molecule has 0 saturated heterocycles. The van der Waals surface area contributed by atoms with Gasteiger partial charge in [-0.25, -0.2) is 0 Å². The summed E-state index contributed by atoms with van der Waals surface area (Å²) in [6, 6.07) is 4.71. The summed E-state index contributed by atoms with van der Waals surface area (Å²) in [5.74, 6) is -1.40. The monoisotopic (exact) mass is 289 g/mol. The van der Waals surface area contributed by atoms with Crippen LogP contribution in [0.5, 0.6) is 0 Å². The summed E-state index contributed by atoms with van der Waals surface area (Å²) < 4.78 is 0. The zero-order chi connectivity index (χ0) is 13.7. The van der Waals surface area contributed by atoms with Crippen LogP contribution in [0.15, 0.2) is 18.2 Å². The Hall–Kier alpha value is -1.26. The first kappa shape index (κ1) is 14.8. The number of halogens is 2. The molecule has 1 rings (SSSR count). The summed E-state index contributed by atoms with van der Waals surface area (Å²) in [5.41, 5.74) is 0.500. The predicted octanol–water partition coefficient (Wildman–Crippen LogP) is 3.43. The first-order valence-corrected chi connectivity index (χ1v) is 6.10. The Morgan fingerprint density at radius 2 is 1.78 bits per heavy atom. The van der Waals surface area contributed by atoms with Crippen LogP contribution >= 0.6 is 23.2 Å². The second-order valence-corrected chi connectivity index (χ2v) is 4.99. The minimum absolute atomic E-state index is 0.0380. The van der Waals surface area contributed by atoms with E-state index in [2.05, 4.69) is 5.32 Å². The number of anilines is 1. The lowest BCUT2D eigenvalue weighted by atomic mass is 10.0. The second-order valence-electron chi connectivity index (χ2n) is 4.11. The average Bonchev–Trinajstić information content (AvgIpc) is 2.12. The van der Waals surface area contributed by atoms with Gasteiger partial charge in [-0.2, -0.15) is 0 Å². The molecular weight excluding hydrogens is 277 g/mol. The van der Waals surface area contributed by atoms with E-state index in [1.54, 1.807) is 25.1 Å². The lowest BCUT2D eigenvalue weighted by Gasteiger charge is -2.10.